The highest BCUT2D eigenvalue weighted by Crippen LogP contribution is 1.98. The molecule has 0 saturated heterocycles. The van der Waals surface area contributed by atoms with E-state index in [1.807, 2.05) is 0 Å². The van der Waals surface area contributed by atoms with Crippen LogP contribution in [0.2, 0.25) is 0 Å². The highest BCUT2D eigenvalue weighted by atomic mass is 16.2. The molecule has 0 fully saturated rings. The Morgan fingerprint density at radius 1 is 0.750 bits per heavy atom. The van der Waals surface area contributed by atoms with Crippen molar-refractivity contribution in [2.75, 3.05) is 32.7 Å². The van der Waals surface area contributed by atoms with Crippen LogP contribution in [0.3, 0.4) is 0 Å². The van der Waals surface area contributed by atoms with Crippen molar-refractivity contribution >= 4 is 6.03 Å². The van der Waals surface area contributed by atoms with Gasteiger partial charge in [-0.15, -0.1) is 0 Å². The van der Waals surface area contributed by atoms with Crippen LogP contribution in [0, 0.1) is 0 Å². The SMILES string of the molecule is CCCCCNC(=O)NCCN(CCCC)CCCC. The van der Waals surface area contributed by atoms with E-state index in [0.29, 0.717) is 0 Å². The topological polar surface area (TPSA) is 44.4 Å². The van der Waals surface area contributed by atoms with Crippen molar-refractivity contribution in [1.29, 1.82) is 0 Å². The van der Waals surface area contributed by atoms with Gasteiger partial charge in [0.15, 0.2) is 0 Å². The molecule has 0 unspecified atom stereocenters. The smallest absolute Gasteiger partial charge is 0.314 e. The average Bonchev–Trinajstić information content (AvgIpc) is 2.46. The first-order valence-electron chi connectivity index (χ1n) is 8.48. The summed E-state index contributed by atoms with van der Waals surface area (Å²) in [6.07, 6.45) is 8.39. The Balaban J connectivity index is 3.65. The highest BCUT2D eigenvalue weighted by molar-refractivity contribution is 5.73. The van der Waals surface area contributed by atoms with Crippen molar-refractivity contribution < 1.29 is 4.79 Å². The first kappa shape index (κ1) is 19.2. The summed E-state index contributed by atoms with van der Waals surface area (Å²) in [6, 6.07) is -0.0213. The Kier molecular flexibility index (Phi) is 14.1. The van der Waals surface area contributed by atoms with Crippen molar-refractivity contribution in [3.63, 3.8) is 0 Å². The van der Waals surface area contributed by atoms with Gasteiger partial charge in [0, 0.05) is 19.6 Å². The van der Waals surface area contributed by atoms with Gasteiger partial charge in [0.05, 0.1) is 0 Å². The molecule has 0 aromatic heterocycles. The predicted octanol–water partition coefficient (Wildman–Crippen LogP) is 3.38. The zero-order chi connectivity index (χ0) is 15.1. The Morgan fingerprint density at radius 2 is 1.30 bits per heavy atom. The largest absolute Gasteiger partial charge is 0.338 e. The van der Waals surface area contributed by atoms with Gasteiger partial charge >= 0.3 is 6.03 Å². The lowest BCUT2D eigenvalue weighted by molar-refractivity contribution is 0.233. The number of urea groups is 1. The van der Waals surface area contributed by atoms with Gasteiger partial charge < -0.3 is 15.5 Å². The van der Waals surface area contributed by atoms with Crippen LogP contribution < -0.4 is 10.6 Å². The van der Waals surface area contributed by atoms with E-state index in [1.54, 1.807) is 0 Å². The van der Waals surface area contributed by atoms with E-state index >= 15 is 0 Å². The Morgan fingerprint density at radius 3 is 1.85 bits per heavy atom. The molecule has 20 heavy (non-hydrogen) atoms. The standard InChI is InChI=1S/C16H35N3O/c1-4-7-10-11-17-16(20)18-12-15-19(13-8-5-2)14-9-6-3/h4-15H2,1-3H3,(H2,17,18,20). The summed E-state index contributed by atoms with van der Waals surface area (Å²) < 4.78 is 0. The number of nitrogens with one attached hydrogen (secondary N) is 2. The third kappa shape index (κ3) is 12.3. The average molecular weight is 285 g/mol. The number of hydrogen-bond acceptors (Lipinski definition) is 2. The third-order valence-corrected chi connectivity index (χ3v) is 3.44. The van der Waals surface area contributed by atoms with Crippen LogP contribution in [-0.2, 0) is 0 Å². The predicted molar refractivity (Wildman–Crippen MR) is 87.2 cm³/mol. The highest BCUT2D eigenvalue weighted by Gasteiger charge is 2.05. The molecule has 0 atom stereocenters. The molecular formula is C16H35N3O. The zero-order valence-electron chi connectivity index (χ0n) is 13.8. The minimum absolute atomic E-state index is 0.0213. The number of rotatable bonds is 13. The molecule has 120 valence electrons. The van der Waals surface area contributed by atoms with Crippen LogP contribution in [0.15, 0.2) is 0 Å². The second-order valence-corrected chi connectivity index (χ2v) is 5.44. The van der Waals surface area contributed by atoms with E-state index in [-0.39, 0.29) is 6.03 Å². The summed E-state index contributed by atoms with van der Waals surface area (Å²) in [4.78, 5) is 14.0. The molecule has 0 aromatic rings. The van der Waals surface area contributed by atoms with E-state index in [2.05, 4.69) is 36.3 Å². The first-order valence-corrected chi connectivity index (χ1v) is 8.48. The number of nitrogens with zero attached hydrogens (tertiary/aromatic N) is 1. The molecule has 2 amide bonds. The maximum absolute atomic E-state index is 11.6. The summed E-state index contributed by atoms with van der Waals surface area (Å²) in [5.41, 5.74) is 0. The minimum atomic E-state index is -0.0213. The van der Waals surface area contributed by atoms with Gasteiger partial charge in [-0.3, -0.25) is 0 Å². The van der Waals surface area contributed by atoms with Crippen LogP contribution >= 0.6 is 0 Å². The van der Waals surface area contributed by atoms with Gasteiger partial charge in [0.1, 0.15) is 0 Å². The molecule has 2 N–H and O–H groups in total. The fourth-order valence-electron chi connectivity index (χ4n) is 2.07. The fraction of sp³-hybridized carbons (Fsp3) is 0.938. The van der Waals surface area contributed by atoms with Gasteiger partial charge in [-0.1, -0.05) is 46.5 Å². The van der Waals surface area contributed by atoms with Gasteiger partial charge in [-0.05, 0) is 32.4 Å². The lowest BCUT2D eigenvalue weighted by Crippen LogP contribution is -2.41. The quantitative estimate of drug-likeness (QED) is 0.510. The lowest BCUT2D eigenvalue weighted by atomic mass is 10.2. The molecule has 0 bridgehead atoms. The maximum atomic E-state index is 11.6. The van der Waals surface area contributed by atoms with Gasteiger partial charge in [-0.2, -0.15) is 0 Å². The molecule has 0 saturated carbocycles. The molecule has 0 aliphatic rings. The monoisotopic (exact) mass is 285 g/mol. The number of unbranched alkanes of at least 4 members (excludes halogenated alkanes) is 4. The summed E-state index contributed by atoms with van der Waals surface area (Å²) >= 11 is 0. The Labute approximate surface area is 125 Å². The van der Waals surface area contributed by atoms with Crippen LogP contribution in [0.5, 0.6) is 0 Å². The maximum Gasteiger partial charge on any atom is 0.314 e. The van der Waals surface area contributed by atoms with Crippen LogP contribution in [0.1, 0.15) is 65.7 Å². The summed E-state index contributed by atoms with van der Waals surface area (Å²) in [5.74, 6) is 0. The number of hydrogen-bond donors (Lipinski definition) is 2. The molecule has 0 radical (unpaired) electrons. The van der Waals surface area contributed by atoms with E-state index < -0.39 is 0 Å². The van der Waals surface area contributed by atoms with Crippen molar-refractivity contribution in [1.82, 2.24) is 15.5 Å². The summed E-state index contributed by atoms with van der Waals surface area (Å²) in [7, 11) is 0. The van der Waals surface area contributed by atoms with Crippen LogP contribution in [-0.4, -0.2) is 43.7 Å². The fourth-order valence-corrected chi connectivity index (χ4v) is 2.07. The number of carbonyl (C=O) groups is 1. The molecule has 0 aliphatic heterocycles. The molecule has 0 aromatic carbocycles. The molecule has 4 nitrogen and oxygen atoms in total. The molecule has 0 rings (SSSR count). The minimum Gasteiger partial charge on any atom is -0.338 e. The lowest BCUT2D eigenvalue weighted by Gasteiger charge is -2.22. The van der Waals surface area contributed by atoms with E-state index in [9.17, 15) is 4.79 Å². The normalized spacial score (nSPS) is 10.8. The molecular weight excluding hydrogens is 250 g/mol. The van der Waals surface area contributed by atoms with Crippen molar-refractivity contribution in [2.45, 2.75) is 65.7 Å². The summed E-state index contributed by atoms with van der Waals surface area (Å²) in [5, 5.41) is 5.86. The summed E-state index contributed by atoms with van der Waals surface area (Å²) in [6.45, 7) is 11.4. The number of carbonyl (C=O) groups excluding carboxylic acids is 1. The van der Waals surface area contributed by atoms with Crippen LogP contribution in [0.4, 0.5) is 4.79 Å². The second kappa shape index (κ2) is 14.6. The van der Waals surface area contributed by atoms with Gasteiger partial charge in [0.2, 0.25) is 0 Å². The van der Waals surface area contributed by atoms with Crippen molar-refractivity contribution in [3.8, 4) is 0 Å². The second-order valence-electron chi connectivity index (χ2n) is 5.44. The third-order valence-electron chi connectivity index (χ3n) is 3.44. The van der Waals surface area contributed by atoms with Crippen molar-refractivity contribution in [3.05, 3.63) is 0 Å². The van der Waals surface area contributed by atoms with E-state index in [1.165, 1.54) is 38.5 Å². The van der Waals surface area contributed by atoms with E-state index in [4.69, 9.17) is 0 Å². The van der Waals surface area contributed by atoms with Crippen LogP contribution in [0.25, 0.3) is 0 Å². The molecule has 0 heterocycles. The molecule has 0 aliphatic carbocycles. The zero-order valence-corrected chi connectivity index (χ0v) is 13.8. The first-order chi connectivity index (χ1) is 9.74. The van der Waals surface area contributed by atoms with Gasteiger partial charge in [0.25, 0.3) is 0 Å². The molecule has 4 heteroatoms. The van der Waals surface area contributed by atoms with Gasteiger partial charge in [-0.25, -0.2) is 4.79 Å². The Hall–Kier alpha value is -0.770. The van der Waals surface area contributed by atoms with Crippen molar-refractivity contribution in [2.24, 2.45) is 0 Å². The molecule has 0 spiro atoms. The number of amides is 2. The van der Waals surface area contributed by atoms with E-state index in [0.717, 1.165) is 39.1 Å². The Bertz CT molecular complexity index is 214.